The summed E-state index contributed by atoms with van der Waals surface area (Å²) in [5.74, 6) is 0.344. The first-order valence-electron chi connectivity index (χ1n) is 10.2. The van der Waals surface area contributed by atoms with Crippen LogP contribution >= 0.6 is 11.3 Å². The lowest BCUT2D eigenvalue weighted by atomic mass is 10.1. The highest BCUT2D eigenvalue weighted by Crippen LogP contribution is 2.19. The summed E-state index contributed by atoms with van der Waals surface area (Å²) < 4.78 is 8.32. The van der Waals surface area contributed by atoms with Crippen LogP contribution in [0.4, 0.5) is 5.69 Å². The summed E-state index contributed by atoms with van der Waals surface area (Å²) in [6.45, 7) is 6.06. The number of rotatable bonds is 6. The van der Waals surface area contributed by atoms with Gasteiger partial charge in [-0.2, -0.15) is 0 Å². The Balaban J connectivity index is 1.72. The fourth-order valence-corrected chi connectivity index (χ4v) is 4.52. The molecule has 0 saturated heterocycles. The summed E-state index contributed by atoms with van der Waals surface area (Å²) in [6, 6.07) is 14.3. The zero-order valence-corrected chi connectivity index (χ0v) is 18.9. The van der Waals surface area contributed by atoms with Crippen LogP contribution < -0.4 is 21.3 Å². The first kappa shape index (κ1) is 21.6. The van der Waals surface area contributed by atoms with Gasteiger partial charge >= 0.3 is 5.69 Å². The molecular weight excluding hydrogens is 426 g/mol. The second-order valence-corrected chi connectivity index (χ2v) is 8.41. The van der Waals surface area contributed by atoms with E-state index < -0.39 is 5.69 Å². The molecule has 0 saturated carbocycles. The van der Waals surface area contributed by atoms with Crippen LogP contribution in [0.2, 0.25) is 0 Å². The Kier molecular flexibility index (Phi) is 5.96. The van der Waals surface area contributed by atoms with Crippen molar-refractivity contribution >= 4 is 33.1 Å². The van der Waals surface area contributed by atoms with E-state index in [1.807, 2.05) is 26.8 Å². The van der Waals surface area contributed by atoms with Crippen molar-refractivity contribution in [2.45, 2.75) is 27.3 Å². The van der Waals surface area contributed by atoms with Gasteiger partial charge in [-0.15, -0.1) is 11.3 Å². The van der Waals surface area contributed by atoms with Crippen molar-refractivity contribution in [3.05, 3.63) is 85.9 Å². The summed E-state index contributed by atoms with van der Waals surface area (Å²) in [4.78, 5) is 39.2. The van der Waals surface area contributed by atoms with Crippen LogP contribution in [0, 0.1) is 13.8 Å². The van der Waals surface area contributed by atoms with E-state index in [0.717, 1.165) is 15.7 Å². The fourth-order valence-electron chi connectivity index (χ4n) is 3.69. The Hall–Kier alpha value is -3.65. The Labute approximate surface area is 188 Å². The molecule has 2 heterocycles. The SMILES string of the molecule is CCOc1ccc(NC(=O)Cn2c(=O)n(-c3cc(C)cc(C)c3)c(=O)c3sccc32)cc1. The van der Waals surface area contributed by atoms with Crippen LogP contribution in [0.15, 0.2) is 63.5 Å². The van der Waals surface area contributed by atoms with Crippen LogP contribution in [-0.2, 0) is 11.3 Å². The Morgan fingerprint density at radius 3 is 2.38 bits per heavy atom. The summed E-state index contributed by atoms with van der Waals surface area (Å²) in [7, 11) is 0. The molecule has 32 heavy (non-hydrogen) atoms. The minimum absolute atomic E-state index is 0.218. The molecule has 0 bridgehead atoms. The molecule has 2 aromatic carbocycles. The first-order valence-corrected chi connectivity index (χ1v) is 11.1. The largest absolute Gasteiger partial charge is 0.494 e. The van der Waals surface area contributed by atoms with Crippen LogP contribution in [0.3, 0.4) is 0 Å². The van der Waals surface area contributed by atoms with Crippen LogP contribution in [0.5, 0.6) is 5.75 Å². The number of aromatic nitrogens is 2. The van der Waals surface area contributed by atoms with Gasteiger partial charge in [0.15, 0.2) is 0 Å². The van der Waals surface area contributed by atoms with Gasteiger partial charge in [-0.1, -0.05) is 6.07 Å². The molecule has 0 unspecified atom stereocenters. The molecule has 0 aliphatic carbocycles. The van der Waals surface area contributed by atoms with Crippen molar-refractivity contribution in [3.63, 3.8) is 0 Å². The number of nitrogens with one attached hydrogen (secondary N) is 1. The number of anilines is 1. The van der Waals surface area contributed by atoms with E-state index >= 15 is 0 Å². The van der Waals surface area contributed by atoms with E-state index in [4.69, 9.17) is 4.74 Å². The molecule has 7 nitrogen and oxygen atoms in total. The molecule has 4 aromatic rings. The van der Waals surface area contributed by atoms with Crippen molar-refractivity contribution in [3.8, 4) is 11.4 Å². The summed E-state index contributed by atoms with van der Waals surface area (Å²) in [5.41, 5.74) is 2.49. The molecule has 0 atom stereocenters. The second-order valence-electron chi connectivity index (χ2n) is 7.50. The molecular formula is C24H23N3O4S. The standard InChI is InChI=1S/C24H23N3O4S/c1-4-31-19-7-5-17(6-8-19)25-21(28)14-26-20-9-10-32-22(20)23(29)27(24(26)30)18-12-15(2)11-16(3)13-18/h5-13H,4,14H2,1-3H3,(H,25,28). The predicted molar refractivity (Wildman–Crippen MR) is 127 cm³/mol. The third-order valence-electron chi connectivity index (χ3n) is 4.97. The van der Waals surface area contributed by atoms with E-state index in [-0.39, 0.29) is 18.0 Å². The predicted octanol–water partition coefficient (Wildman–Crippen LogP) is 3.87. The third-order valence-corrected chi connectivity index (χ3v) is 5.86. The second kappa shape index (κ2) is 8.84. The fraction of sp³-hybridized carbons (Fsp3) is 0.208. The first-order chi connectivity index (χ1) is 15.4. The van der Waals surface area contributed by atoms with E-state index in [0.29, 0.717) is 33.9 Å². The van der Waals surface area contributed by atoms with E-state index in [9.17, 15) is 14.4 Å². The molecule has 2 aromatic heterocycles. The number of fused-ring (bicyclic) bond motifs is 1. The molecule has 1 amide bonds. The van der Waals surface area contributed by atoms with Gasteiger partial charge in [0.1, 0.15) is 17.0 Å². The maximum atomic E-state index is 13.4. The molecule has 164 valence electrons. The molecule has 8 heteroatoms. The number of carbonyl (C=O) groups excluding carboxylic acids is 1. The third kappa shape index (κ3) is 4.22. The Bertz CT molecular complexity index is 1390. The van der Waals surface area contributed by atoms with Crippen molar-refractivity contribution in [1.82, 2.24) is 9.13 Å². The van der Waals surface area contributed by atoms with Gasteiger partial charge < -0.3 is 10.1 Å². The number of nitrogens with zero attached hydrogens (tertiary/aromatic N) is 2. The lowest BCUT2D eigenvalue weighted by Crippen LogP contribution is -2.40. The lowest BCUT2D eigenvalue weighted by Gasteiger charge is -2.13. The number of thiophene rings is 1. The zero-order valence-electron chi connectivity index (χ0n) is 18.0. The average molecular weight is 450 g/mol. The van der Waals surface area contributed by atoms with E-state index in [1.165, 1.54) is 15.9 Å². The summed E-state index contributed by atoms with van der Waals surface area (Å²) in [6.07, 6.45) is 0. The van der Waals surface area contributed by atoms with Crippen LogP contribution in [-0.4, -0.2) is 21.6 Å². The van der Waals surface area contributed by atoms with Crippen LogP contribution in [0.1, 0.15) is 18.1 Å². The van der Waals surface area contributed by atoms with Gasteiger partial charge in [0.2, 0.25) is 5.91 Å². The maximum absolute atomic E-state index is 13.4. The van der Waals surface area contributed by atoms with E-state index in [1.54, 1.807) is 47.8 Å². The van der Waals surface area contributed by atoms with Gasteiger partial charge in [0, 0.05) is 5.69 Å². The maximum Gasteiger partial charge on any atom is 0.336 e. The van der Waals surface area contributed by atoms with Gasteiger partial charge in [-0.05, 0) is 79.7 Å². The normalized spacial score (nSPS) is 11.0. The molecule has 0 radical (unpaired) electrons. The highest BCUT2D eigenvalue weighted by atomic mass is 32.1. The quantitative estimate of drug-likeness (QED) is 0.485. The number of amides is 1. The smallest absolute Gasteiger partial charge is 0.336 e. The summed E-state index contributed by atoms with van der Waals surface area (Å²) in [5, 5.41) is 4.55. The van der Waals surface area contributed by atoms with Crippen molar-refractivity contribution < 1.29 is 9.53 Å². The Morgan fingerprint density at radius 1 is 1.03 bits per heavy atom. The molecule has 0 fully saturated rings. The molecule has 1 N–H and O–H groups in total. The van der Waals surface area contributed by atoms with Gasteiger partial charge in [0.05, 0.1) is 17.8 Å². The summed E-state index contributed by atoms with van der Waals surface area (Å²) >= 11 is 1.25. The zero-order chi connectivity index (χ0) is 22.8. The Morgan fingerprint density at radius 2 is 1.72 bits per heavy atom. The van der Waals surface area contributed by atoms with Crippen molar-refractivity contribution in [1.29, 1.82) is 0 Å². The van der Waals surface area contributed by atoms with Crippen molar-refractivity contribution in [2.24, 2.45) is 0 Å². The molecule has 0 aliphatic heterocycles. The number of carbonyl (C=O) groups is 1. The van der Waals surface area contributed by atoms with Gasteiger partial charge in [0.25, 0.3) is 5.56 Å². The number of aryl methyl sites for hydroxylation is 2. The lowest BCUT2D eigenvalue weighted by molar-refractivity contribution is -0.116. The van der Waals surface area contributed by atoms with Gasteiger partial charge in [-0.3, -0.25) is 14.2 Å². The molecule has 0 aliphatic rings. The number of hydrogen-bond donors (Lipinski definition) is 1. The minimum atomic E-state index is -0.548. The monoisotopic (exact) mass is 449 g/mol. The topological polar surface area (TPSA) is 82.3 Å². The minimum Gasteiger partial charge on any atom is -0.494 e. The van der Waals surface area contributed by atoms with Crippen molar-refractivity contribution in [2.75, 3.05) is 11.9 Å². The molecule has 0 spiro atoms. The molecule has 4 rings (SSSR count). The highest BCUT2D eigenvalue weighted by Gasteiger charge is 2.18. The number of ether oxygens (including phenoxy) is 1. The van der Waals surface area contributed by atoms with Crippen LogP contribution in [0.25, 0.3) is 15.9 Å². The number of hydrogen-bond acceptors (Lipinski definition) is 5. The average Bonchev–Trinajstić information content (AvgIpc) is 3.22. The number of benzene rings is 2. The van der Waals surface area contributed by atoms with E-state index in [2.05, 4.69) is 5.32 Å². The highest BCUT2D eigenvalue weighted by molar-refractivity contribution is 7.17. The van der Waals surface area contributed by atoms with Gasteiger partial charge in [-0.25, -0.2) is 9.36 Å².